The van der Waals surface area contributed by atoms with Crippen LogP contribution in [0, 0.1) is 11.2 Å². The second kappa shape index (κ2) is 5.63. The third-order valence-electron chi connectivity index (χ3n) is 3.25. The van der Waals surface area contributed by atoms with Gasteiger partial charge >= 0.3 is 5.97 Å². The second-order valence-electron chi connectivity index (χ2n) is 4.97. The molecule has 1 aromatic carbocycles. The maximum atomic E-state index is 13.0. The highest BCUT2D eigenvalue weighted by Crippen LogP contribution is 2.64. The van der Waals surface area contributed by atoms with Crippen LogP contribution in [0.3, 0.4) is 0 Å². The molecule has 114 valence electrons. The monoisotopic (exact) mass is 353 g/mol. The van der Waals surface area contributed by atoms with Gasteiger partial charge in [-0.2, -0.15) is 0 Å². The normalized spacial score (nSPS) is 22.5. The van der Waals surface area contributed by atoms with Crippen LogP contribution in [-0.2, 0) is 14.3 Å². The van der Waals surface area contributed by atoms with E-state index in [1.54, 1.807) is 6.92 Å². The van der Waals surface area contributed by atoms with Crippen molar-refractivity contribution in [3.63, 3.8) is 0 Å². The molecule has 1 aliphatic rings. The van der Waals surface area contributed by atoms with Crippen LogP contribution < -0.4 is 5.32 Å². The smallest absolute Gasteiger partial charge is 0.315 e. The standard InChI is InChI=1S/C13H11Cl3FNO3/c1-12(6-13(12,15)16)11(20)21-5-10(19)18-7-2-3-9(17)8(14)4-7/h2-4H,5-6H2,1H3,(H,18,19). The first-order valence-corrected chi connectivity index (χ1v) is 7.09. The van der Waals surface area contributed by atoms with Gasteiger partial charge in [0.1, 0.15) is 15.6 Å². The molecule has 1 N–H and O–H groups in total. The van der Waals surface area contributed by atoms with Crippen LogP contribution in [0.2, 0.25) is 5.02 Å². The van der Waals surface area contributed by atoms with Gasteiger partial charge in [0.15, 0.2) is 6.61 Å². The van der Waals surface area contributed by atoms with Crippen molar-refractivity contribution in [1.82, 2.24) is 0 Å². The molecule has 1 aliphatic carbocycles. The van der Waals surface area contributed by atoms with Gasteiger partial charge in [-0.05, 0) is 25.1 Å². The molecule has 1 saturated carbocycles. The Kier molecular flexibility index (Phi) is 4.38. The van der Waals surface area contributed by atoms with Crippen LogP contribution in [0.5, 0.6) is 0 Å². The molecule has 0 bridgehead atoms. The van der Waals surface area contributed by atoms with E-state index in [1.807, 2.05) is 0 Å². The molecule has 1 unspecified atom stereocenters. The van der Waals surface area contributed by atoms with Gasteiger partial charge < -0.3 is 10.1 Å². The van der Waals surface area contributed by atoms with E-state index in [2.05, 4.69) is 5.32 Å². The number of halogens is 4. The summed E-state index contributed by atoms with van der Waals surface area (Å²) >= 11 is 17.3. The SMILES string of the molecule is CC1(C(=O)OCC(=O)Nc2ccc(F)c(Cl)c2)CC1(Cl)Cl. The van der Waals surface area contributed by atoms with Gasteiger partial charge in [0.2, 0.25) is 0 Å². The molecular weight excluding hydrogens is 344 g/mol. The fourth-order valence-corrected chi connectivity index (χ4v) is 2.55. The van der Waals surface area contributed by atoms with Crippen molar-refractivity contribution in [2.24, 2.45) is 5.41 Å². The molecule has 0 saturated heterocycles. The molecule has 0 radical (unpaired) electrons. The Balaban J connectivity index is 1.85. The lowest BCUT2D eigenvalue weighted by molar-refractivity contribution is -0.152. The van der Waals surface area contributed by atoms with Crippen LogP contribution in [0.1, 0.15) is 13.3 Å². The Morgan fingerprint density at radius 1 is 1.43 bits per heavy atom. The van der Waals surface area contributed by atoms with Crippen LogP contribution in [0.4, 0.5) is 10.1 Å². The number of hydrogen-bond acceptors (Lipinski definition) is 3. The fraction of sp³-hybridized carbons (Fsp3) is 0.385. The van der Waals surface area contributed by atoms with E-state index in [9.17, 15) is 14.0 Å². The second-order valence-corrected chi connectivity index (χ2v) is 6.86. The van der Waals surface area contributed by atoms with E-state index in [1.165, 1.54) is 12.1 Å². The van der Waals surface area contributed by atoms with Crippen LogP contribution >= 0.6 is 34.8 Å². The van der Waals surface area contributed by atoms with Crippen molar-refractivity contribution in [2.75, 3.05) is 11.9 Å². The number of rotatable bonds is 4. The van der Waals surface area contributed by atoms with E-state index < -0.39 is 34.0 Å². The quantitative estimate of drug-likeness (QED) is 0.664. The predicted octanol–water partition coefficient (Wildman–Crippen LogP) is 3.54. The number of ether oxygens (including phenoxy) is 1. The summed E-state index contributed by atoms with van der Waals surface area (Å²) in [5.74, 6) is -1.81. The summed E-state index contributed by atoms with van der Waals surface area (Å²) in [4.78, 5) is 23.4. The largest absolute Gasteiger partial charge is 0.455 e. The number of amides is 1. The highest BCUT2D eigenvalue weighted by atomic mass is 35.5. The first-order chi connectivity index (χ1) is 9.65. The van der Waals surface area contributed by atoms with Crippen molar-refractivity contribution in [1.29, 1.82) is 0 Å². The van der Waals surface area contributed by atoms with Gasteiger partial charge in [-0.1, -0.05) is 11.6 Å². The van der Waals surface area contributed by atoms with E-state index in [4.69, 9.17) is 39.5 Å². The molecule has 21 heavy (non-hydrogen) atoms. The zero-order valence-corrected chi connectivity index (χ0v) is 13.2. The zero-order chi connectivity index (χ0) is 15.8. The summed E-state index contributed by atoms with van der Waals surface area (Å²) in [7, 11) is 0. The Hall–Kier alpha value is -1.04. The van der Waals surface area contributed by atoms with Gasteiger partial charge in [0.25, 0.3) is 5.91 Å². The number of nitrogens with one attached hydrogen (secondary N) is 1. The van der Waals surface area contributed by atoms with Crippen molar-refractivity contribution < 1.29 is 18.7 Å². The summed E-state index contributed by atoms with van der Waals surface area (Å²) in [6.07, 6.45) is 0.275. The maximum absolute atomic E-state index is 13.0. The third-order valence-corrected chi connectivity index (χ3v) is 4.64. The highest BCUT2D eigenvalue weighted by molar-refractivity contribution is 6.53. The number of benzene rings is 1. The van der Waals surface area contributed by atoms with E-state index >= 15 is 0 Å². The minimum atomic E-state index is -1.15. The number of esters is 1. The Labute approximate surface area is 135 Å². The summed E-state index contributed by atoms with van der Waals surface area (Å²) in [5.41, 5.74) is -0.695. The molecular formula is C13H11Cl3FNO3. The molecule has 2 rings (SSSR count). The van der Waals surface area contributed by atoms with E-state index in [0.717, 1.165) is 6.07 Å². The Morgan fingerprint density at radius 3 is 2.57 bits per heavy atom. The number of hydrogen-bond donors (Lipinski definition) is 1. The molecule has 0 spiro atoms. The van der Waals surface area contributed by atoms with E-state index in [-0.39, 0.29) is 11.4 Å². The third kappa shape index (κ3) is 3.42. The van der Waals surface area contributed by atoms with Crippen molar-refractivity contribution >= 4 is 52.4 Å². The van der Waals surface area contributed by atoms with Crippen LogP contribution in [0.25, 0.3) is 0 Å². The number of anilines is 1. The lowest BCUT2D eigenvalue weighted by Crippen LogP contribution is -2.26. The Morgan fingerprint density at radius 2 is 2.05 bits per heavy atom. The van der Waals surface area contributed by atoms with Gasteiger partial charge in [-0.15, -0.1) is 23.2 Å². The van der Waals surface area contributed by atoms with Crippen molar-refractivity contribution in [3.05, 3.63) is 29.0 Å². The molecule has 0 heterocycles. The molecule has 0 aliphatic heterocycles. The zero-order valence-electron chi connectivity index (χ0n) is 10.9. The topological polar surface area (TPSA) is 55.4 Å². The number of carbonyl (C=O) groups is 2. The van der Waals surface area contributed by atoms with Crippen molar-refractivity contribution in [2.45, 2.75) is 17.7 Å². The molecule has 8 heteroatoms. The molecule has 1 amide bonds. The maximum Gasteiger partial charge on any atom is 0.315 e. The number of carbonyl (C=O) groups excluding carboxylic acids is 2. The minimum Gasteiger partial charge on any atom is -0.455 e. The predicted molar refractivity (Wildman–Crippen MR) is 78.2 cm³/mol. The molecule has 4 nitrogen and oxygen atoms in total. The minimum absolute atomic E-state index is 0.121. The van der Waals surface area contributed by atoms with Gasteiger partial charge in [0.05, 0.1) is 5.02 Å². The Bertz CT molecular complexity index is 608. The first-order valence-electron chi connectivity index (χ1n) is 5.96. The van der Waals surface area contributed by atoms with Gasteiger partial charge in [0, 0.05) is 12.1 Å². The van der Waals surface area contributed by atoms with Crippen LogP contribution in [-0.4, -0.2) is 22.8 Å². The van der Waals surface area contributed by atoms with Crippen molar-refractivity contribution in [3.8, 4) is 0 Å². The molecule has 1 atom stereocenters. The number of alkyl halides is 2. The van der Waals surface area contributed by atoms with Crippen LogP contribution in [0.15, 0.2) is 18.2 Å². The highest BCUT2D eigenvalue weighted by Gasteiger charge is 2.69. The molecule has 1 aromatic rings. The van der Waals surface area contributed by atoms with Gasteiger partial charge in [-0.3, -0.25) is 9.59 Å². The lowest BCUT2D eigenvalue weighted by atomic mass is 10.1. The molecule has 0 aromatic heterocycles. The average Bonchev–Trinajstić information content (AvgIpc) is 2.91. The summed E-state index contributed by atoms with van der Waals surface area (Å²) in [6, 6.07) is 3.71. The lowest BCUT2D eigenvalue weighted by Gasteiger charge is -2.12. The summed E-state index contributed by atoms with van der Waals surface area (Å²) in [6.45, 7) is 1.07. The van der Waals surface area contributed by atoms with Gasteiger partial charge in [-0.25, -0.2) is 4.39 Å². The van der Waals surface area contributed by atoms with E-state index in [0.29, 0.717) is 5.69 Å². The summed E-state index contributed by atoms with van der Waals surface area (Å²) in [5, 5.41) is 2.30. The first kappa shape index (κ1) is 16.3. The summed E-state index contributed by atoms with van der Waals surface area (Å²) < 4.78 is 16.7. The fourth-order valence-electron chi connectivity index (χ4n) is 1.68. The average molecular weight is 355 g/mol. The molecule has 1 fully saturated rings.